The molecule has 0 radical (unpaired) electrons. The minimum Gasteiger partial charge on any atom is -0.496 e. The topological polar surface area (TPSA) is 91.8 Å². The molecule has 1 aromatic heterocycles. The number of para-hydroxylation sites is 1. The van der Waals surface area contributed by atoms with E-state index in [0.717, 1.165) is 16.5 Å². The zero-order valence-corrected chi connectivity index (χ0v) is 15.3. The number of hydrogen-bond donors (Lipinski definition) is 1. The van der Waals surface area contributed by atoms with Gasteiger partial charge in [-0.2, -0.15) is 0 Å². The molecule has 1 aliphatic rings. The highest BCUT2D eigenvalue weighted by Crippen LogP contribution is 2.36. The van der Waals surface area contributed by atoms with E-state index >= 15 is 0 Å². The van der Waals surface area contributed by atoms with Crippen LogP contribution >= 0.6 is 0 Å². The Morgan fingerprint density at radius 3 is 2.75 bits per heavy atom. The quantitative estimate of drug-likeness (QED) is 0.699. The molecule has 8 heteroatoms. The summed E-state index contributed by atoms with van der Waals surface area (Å²) in [6.45, 7) is 1.10. The fourth-order valence-electron chi connectivity index (χ4n) is 2.91. The van der Waals surface area contributed by atoms with E-state index < -0.39 is 0 Å². The van der Waals surface area contributed by atoms with Crippen LogP contribution in [0.25, 0.3) is 10.9 Å². The van der Waals surface area contributed by atoms with Gasteiger partial charge in [-0.1, -0.05) is 12.1 Å². The van der Waals surface area contributed by atoms with Gasteiger partial charge >= 0.3 is 0 Å². The fourth-order valence-corrected chi connectivity index (χ4v) is 2.91. The smallest absolute Gasteiger partial charge is 0.258 e. The van der Waals surface area contributed by atoms with Gasteiger partial charge in [0.15, 0.2) is 18.1 Å². The summed E-state index contributed by atoms with van der Waals surface area (Å²) in [4.78, 5) is 20.5. The van der Waals surface area contributed by atoms with Crippen molar-refractivity contribution < 1.29 is 23.7 Å². The van der Waals surface area contributed by atoms with Gasteiger partial charge in [-0.3, -0.25) is 4.79 Å². The fraction of sp³-hybridized carbons (Fsp3) is 0.250. The highest BCUT2D eigenvalue weighted by Gasteiger charge is 2.17. The minimum absolute atomic E-state index is 0.159. The Kier molecular flexibility index (Phi) is 5.09. The van der Waals surface area contributed by atoms with Crippen molar-refractivity contribution in [2.24, 2.45) is 0 Å². The lowest BCUT2D eigenvalue weighted by Gasteiger charge is -2.20. The predicted octanol–water partition coefficient (Wildman–Crippen LogP) is 2.10. The largest absolute Gasteiger partial charge is 0.496 e. The van der Waals surface area contributed by atoms with Crippen molar-refractivity contribution in [3.8, 4) is 23.1 Å². The van der Waals surface area contributed by atoms with Crippen LogP contribution in [0.1, 0.15) is 5.56 Å². The SMILES string of the molecule is COc1cc2c(cc1CNC(=O)COc1ncnc3ccccc13)OCCO2. The molecule has 0 bridgehead atoms. The number of carbonyl (C=O) groups excluding carboxylic acids is 1. The Labute approximate surface area is 161 Å². The minimum atomic E-state index is -0.278. The number of ether oxygens (including phenoxy) is 4. The second kappa shape index (κ2) is 7.99. The maximum Gasteiger partial charge on any atom is 0.258 e. The van der Waals surface area contributed by atoms with Crippen LogP contribution in [0.2, 0.25) is 0 Å². The van der Waals surface area contributed by atoms with Crippen LogP contribution in [0.15, 0.2) is 42.7 Å². The lowest BCUT2D eigenvalue weighted by Crippen LogP contribution is -2.29. The summed E-state index contributed by atoms with van der Waals surface area (Å²) < 4.78 is 22.1. The first-order valence-corrected chi connectivity index (χ1v) is 8.80. The molecular formula is C20H19N3O5. The van der Waals surface area contributed by atoms with E-state index in [9.17, 15) is 4.79 Å². The molecule has 8 nitrogen and oxygen atoms in total. The van der Waals surface area contributed by atoms with Crippen LogP contribution in [-0.4, -0.2) is 42.8 Å². The average Bonchev–Trinajstić information content (AvgIpc) is 2.75. The molecular weight excluding hydrogens is 362 g/mol. The molecule has 1 aliphatic heterocycles. The van der Waals surface area contributed by atoms with Crippen molar-refractivity contribution in [1.29, 1.82) is 0 Å². The van der Waals surface area contributed by atoms with Gasteiger partial charge in [0.25, 0.3) is 5.91 Å². The van der Waals surface area contributed by atoms with Gasteiger partial charge in [-0.05, 0) is 18.2 Å². The van der Waals surface area contributed by atoms with Gasteiger partial charge < -0.3 is 24.3 Å². The second-order valence-electron chi connectivity index (χ2n) is 6.07. The molecule has 0 aliphatic carbocycles. The van der Waals surface area contributed by atoms with Crippen molar-refractivity contribution in [3.05, 3.63) is 48.3 Å². The van der Waals surface area contributed by atoms with Crippen molar-refractivity contribution in [2.75, 3.05) is 26.9 Å². The third kappa shape index (κ3) is 3.75. The molecule has 144 valence electrons. The highest BCUT2D eigenvalue weighted by atomic mass is 16.6. The average molecular weight is 381 g/mol. The summed E-state index contributed by atoms with van der Waals surface area (Å²) in [6, 6.07) is 11.0. The predicted molar refractivity (Wildman–Crippen MR) is 101 cm³/mol. The molecule has 0 atom stereocenters. The van der Waals surface area contributed by atoms with Gasteiger partial charge in [-0.25, -0.2) is 9.97 Å². The first-order chi connectivity index (χ1) is 13.7. The zero-order valence-electron chi connectivity index (χ0n) is 15.3. The lowest BCUT2D eigenvalue weighted by atomic mass is 10.1. The van der Waals surface area contributed by atoms with E-state index in [2.05, 4.69) is 15.3 Å². The number of nitrogens with zero attached hydrogens (tertiary/aromatic N) is 2. The molecule has 1 amide bonds. The number of amides is 1. The van der Waals surface area contributed by atoms with E-state index in [0.29, 0.717) is 36.3 Å². The summed E-state index contributed by atoms with van der Waals surface area (Å²) in [5, 5.41) is 3.57. The first kappa shape index (κ1) is 17.8. The van der Waals surface area contributed by atoms with E-state index in [4.69, 9.17) is 18.9 Å². The Morgan fingerprint density at radius 1 is 1.14 bits per heavy atom. The van der Waals surface area contributed by atoms with Crippen LogP contribution in [0.4, 0.5) is 0 Å². The van der Waals surface area contributed by atoms with Gasteiger partial charge in [0.2, 0.25) is 5.88 Å². The number of rotatable bonds is 6. The molecule has 4 rings (SSSR count). The van der Waals surface area contributed by atoms with Crippen LogP contribution in [0.5, 0.6) is 23.1 Å². The maximum atomic E-state index is 12.2. The molecule has 0 fully saturated rings. The summed E-state index contributed by atoms with van der Waals surface area (Å²) in [7, 11) is 1.57. The molecule has 2 heterocycles. The van der Waals surface area contributed by atoms with Crippen molar-refractivity contribution in [2.45, 2.75) is 6.54 Å². The maximum absolute atomic E-state index is 12.2. The van der Waals surface area contributed by atoms with Crippen LogP contribution in [0.3, 0.4) is 0 Å². The zero-order chi connectivity index (χ0) is 19.3. The normalized spacial score (nSPS) is 12.5. The summed E-state index contributed by atoms with van der Waals surface area (Å²) in [5.74, 6) is 1.99. The molecule has 0 unspecified atom stereocenters. The summed E-state index contributed by atoms with van der Waals surface area (Å²) in [6.07, 6.45) is 1.41. The molecule has 3 aromatic rings. The number of hydrogen-bond acceptors (Lipinski definition) is 7. The molecule has 2 aromatic carbocycles. The van der Waals surface area contributed by atoms with E-state index in [1.54, 1.807) is 13.2 Å². The van der Waals surface area contributed by atoms with Gasteiger partial charge in [0.05, 0.1) is 18.0 Å². The molecule has 0 saturated carbocycles. The van der Waals surface area contributed by atoms with E-state index in [-0.39, 0.29) is 19.1 Å². The van der Waals surface area contributed by atoms with Crippen LogP contribution in [-0.2, 0) is 11.3 Å². The van der Waals surface area contributed by atoms with Crippen molar-refractivity contribution >= 4 is 16.8 Å². The molecule has 0 spiro atoms. The molecule has 1 N–H and O–H groups in total. The number of benzene rings is 2. The number of carbonyl (C=O) groups is 1. The van der Waals surface area contributed by atoms with E-state index in [1.165, 1.54) is 6.33 Å². The van der Waals surface area contributed by atoms with E-state index in [1.807, 2.05) is 30.3 Å². The third-order valence-corrected chi connectivity index (χ3v) is 4.27. The van der Waals surface area contributed by atoms with Gasteiger partial charge in [0, 0.05) is 18.2 Å². The second-order valence-corrected chi connectivity index (χ2v) is 6.07. The van der Waals surface area contributed by atoms with Gasteiger partial charge in [-0.15, -0.1) is 0 Å². The lowest BCUT2D eigenvalue weighted by molar-refractivity contribution is -0.123. The molecule has 28 heavy (non-hydrogen) atoms. The number of methoxy groups -OCH3 is 1. The Hall–Kier alpha value is -3.55. The Morgan fingerprint density at radius 2 is 1.93 bits per heavy atom. The first-order valence-electron chi connectivity index (χ1n) is 8.80. The standard InChI is InChI=1S/C20H19N3O5/c1-25-16-9-18-17(26-6-7-27-18)8-13(16)10-21-19(24)11-28-20-14-4-2-3-5-15(14)22-12-23-20/h2-5,8-9,12H,6-7,10-11H2,1H3,(H,21,24). The molecule has 0 saturated heterocycles. The summed E-state index contributed by atoms with van der Waals surface area (Å²) >= 11 is 0. The number of nitrogens with one attached hydrogen (secondary N) is 1. The van der Waals surface area contributed by atoms with Crippen LogP contribution < -0.4 is 24.3 Å². The Bertz CT molecular complexity index is 1000. The monoisotopic (exact) mass is 381 g/mol. The highest BCUT2D eigenvalue weighted by molar-refractivity contribution is 5.84. The summed E-state index contributed by atoms with van der Waals surface area (Å²) in [5.41, 5.74) is 1.54. The Balaban J connectivity index is 1.39. The van der Waals surface area contributed by atoms with Crippen molar-refractivity contribution in [3.63, 3.8) is 0 Å². The number of aromatic nitrogens is 2. The van der Waals surface area contributed by atoms with Crippen molar-refractivity contribution in [1.82, 2.24) is 15.3 Å². The van der Waals surface area contributed by atoms with Crippen LogP contribution in [0, 0.1) is 0 Å². The number of fused-ring (bicyclic) bond motifs is 2. The third-order valence-electron chi connectivity index (χ3n) is 4.27. The van der Waals surface area contributed by atoms with Gasteiger partial charge in [0.1, 0.15) is 25.3 Å².